The van der Waals surface area contributed by atoms with Crippen LogP contribution < -0.4 is 10.1 Å². The normalized spacial score (nSPS) is 10.6. The third-order valence-electron chi connectivity index (χ3n) is 3.82. The van der Waals surface area contributed by atoms with Gasteiger partial charge in [0, 0.05) is 11.1 Å². The monoisotopic (exact) mass is 436 g/mol. The summed E-state index contributed by atoms with van der Waals surface area (Å²) in [6.45, 7) is 0.697. The lowest BCUT2D eigenvalue weighted by molar-refractivity contribution is -0.149. The molecule has 0 saturated heterocycles. The Kier molecular flexibility index (Phi) is 6.51. The van der Waals surface area contributed by atoms with Gasteiger partial charge in [-0.2, -0.15) is 0 Å². The molecule has 1 aromatic heterocycles. The first-order chi connectivity index (χ1) is 13.8. The Morgan fingerprint density at radius 1 is 1.10 bits per heavy atom. The number of nitrogens with zero attached hydrogens (tertiary/aromatic N) is 1. The molecule has 2 aromatic carbocycles. The lowest BCUT2D eigenvalue weighted by Gasteiger charge is -2.12. The van der Waals surface area contributed by atoms with E-state index in [1.165, 1.54) is 24.3 Å². The number of hydrogen-bond acceptors (Lipinski definition) is 5. The lowest BCUT2D eigenvalue weighted by atomic mass is 10.2. The van der Waals surface area contributed by atoms with Crippen molar-refractivity contribution in [3.63, 3.8) is 0 Å². The van der Waals surface area contributed by atoms with Crippen LogP contribution in [-0.2, 0) is 14.3 Å². The highest BCUT2D eigenvalue weighted by molar-refractivity contribution is 6.39. The number of carbonyl (C=O) groups is 2. The van der Waals surface area contributed by atoms with E-state index in [4.69, 9.17) is 32.7 Å². The lowest BCUT2D eigenvalue weighted by Crippen LogP contribution is -2.24. The molecular weight excluding hydrogens is 422 g/mol. The molecule has 1 amide bonds. The quantitative estimate of drug-likeness (QED) is 0.573. The van der Waals surface area contributed by atoms with Crippen LogP contribution in [0.15, 0.2) is 42.5 Å². The van der Waals surface area contributed by atoms with E-state index in [1.807, 2.05) is 0 Å². The molecule has 3 rings (SSSR count). The van der Waals surface area contributed by atoms with Gasteiger partial charge in [0.1, 0.15) is 11.3 Å². The van der Waals surface area contributed by atoms with Crippen molar-refractivity contribution < 1.29 is 23.5 Å². The van der Waals surface area contributed by atoms with E-state index in [2.05, 4.69) is 10.3 Å². The van der Waals surface area contributed by atoms with Gasteiger partial charge < -0.3 is 14.8 Å². The van der Waals surface area contributed by atoms with Gasteiger partial charge >= 0.3 is 5.97 Å². The second-order valence-electron chi connectivity index (χ2n) is 6.00. The van der Waals surface area contributed by atoms with Gasteiger partial charge in [-0.05, 0) is 37.3 Å². The molecular formula is C20H15Cl2FN2O4. The van der Waals surface area contributed by atoms with Crippen LogP contribution in [-0.4, -0.2) is 30.1 Å². The zero-order valence-corrected chi connectivity index (χ0v) is 16.7. The number of amides is 1. The number of carbonyl (C=O) groups excluding carboxylic acids is 2. The number of aryl methyl sites for hydroxylation is 1. The smallest absolute Gasteiger partial charge is 0.344 e. The molecule has 0 bridgehead atoms. The molecule has 0 aliphatic carbocycles. The van der Waals surface area contributed by atoms with Gasteiger partial charge in [-0.3, -0.25) is 4.79 Å². The summed E-state index contributed by atoms with van der Waals surface area (Å²) >= 11 is 12.3. The Bertz CT molecular complexity index is 1090. The molecule has 0 spiro atoms. The maximum absolute atomic E-state index is 13.5. The highest BCUT2D eigenvalue weighted by Gasteiger charge is 2.16. The Labute approximate surface area is 175 Å². The number of halogens is 3. The van der Waals surface area contributed by atoms with E-state index in [9.17, 15) is 14.0 Å². The minimum absolute atomic E-state index is 0.00865. The largest absolute Gasteiger partial charge is 0.478 e. The van der Waals surface area contributed by atoms with Crippen LogP contribution in [0.2, 0.25) is 10.0 Å². The molecule has 0 fully saturated rings. The molecule has 9 heteroatoms. The van der Waals surface area contributed by atoms with Crippen LogP contribution in [0, 0.1) is 12.7 Å². The second kappa shape index (κ2) is 9.07. The van der Waals surface area contributed by atoms with Crippen LogP contribution in [0.4, 0.5) is 10.1 Å². The summed E-state index contributed by atoms with van der Waals surface area (Å²) in [4.78, 5) is 28.1. The average molecular weight is 437 g/mol. The Balaban J connectivity index is 1.60. The predicted molar refractivity (Wildman–Crippen MR) is 108 cm³/mol. The third kappa shape index (κ3) is 5.13. The highest BCUT2D eigenvalue weighted by atomic mass is 35.5. The Morgan fingerprint density at radius 3 is 2.62 bits per heavy atom. The Morgan fingerprint density at radius 2 is 1.86 bits per heavy atom. The molecule has 3 aromatic rings. The fraction of sp³-hybridized carbons (Fsp3) is 0.150. The van der Waals surface area contributed by atoms with Gasteiger partial charge in [0.25, 0.3) is 5.91 Å². The number of ether oxygens (including phenoxy) is 2. The van der Waals surface area contributed by atoms with Crippen molar-refractivity contribution in [3.8, 4) is 5.75 Å². The predicted octanol–water partition coefficient (Wildman–Crippen LogP) is 4.55. The third-order valence-corrected chi connectivity index (χ3v) is 4.42. The number of pyridine rings is 1. The number of hydrogen-bond donors (Lipinski definition) is 1. The van der Waals surface area contributed by atoms with E-state index in [1.54, 1.807) is 25.1 Å². The summed E-state index contributed by atoms with van der Waals surface area (Å²) in [5.74, 6) is -1.90. The summed E-state index contributed by atoms with van der Waals surface area (Å²) in [6, 6.07) is 10.7. The van der Waals surface area contributed by atoms with Crippen LogP contribution >= 0.6 is 23.2 Å². The first-order valence-corrected chi connectivity index (χ1v) is 9.19. The fourth-order valence-electron chi connectivity index (χ4n) is 2.50. The summed E-state index contributed by atoms with van der Waals surface area (Å²) < 4.78 is 23.8. The van der Waals surface area contributed by atoms with Crippen molar-refractivity contribution in [1.82, 2.24) is 4.98 Å². The standard InChI is InChI=1S/C20H15Cl2FN2O4/c1-11-6-7-12-13(21)8-14(22)20(19(12)24-11)29-10-18(27)28-9-17(26)25-16-5-3-2-4-15(16)23/h2-8H,9-10H2,1H3,(H,25,26). The van der Waals surface area contributed by atoms with Gasteiger partial charge in [-0.1, -0.05) is 35.3 Å². The SMILES string of the molecule is Cc1ccc2c(Cl)cc(Cl)c(OCC(=O)OCC(=O)Nc3ccccc3F)c2n1. The number of rotatable bonds is 6. The van der Waals surface area contributed by atoms with Crippen molar-refractivity contribution in [3.05, 3.63) is 64.0 Å². The number of para-hydroxylation sites is 1. The van der Waals surface area contributed by atoms with Crippen molar-refractivity contribution in [2.75, 3.05) is 18.5 Å². The fourth-order valence-corrected chi connectivity index (χ4v) is 3.07. The molecule has 0 unspecified atom stereocenters. The number of nitrogens with one attached hydrogen (secondary N) is 1. The maximum atomic E-state index is 13.5. The van der Waals surface area contributed by atoms with E-state index >= 15 is 0 Å². The van der Waals surface area contributed by atoms with E-state index in [-0.39, 0.29) is 16.5 Å². The topological polar surface area (TPSA) is 77.5 Å². The van der Waals surface area contributed by atoms with Gasteiger partial charge in [-0.25, -0.2) is 14.2 Å². The zero-order chi connectivity index (χ0) is 21.0. The van der Waals surface area contributed by atoms with Crippen LogP contribution in [0.3, 0.4) is 0 Å². The van der Waals surface area contributed by atoms with E-state index < -0.39 is 30.9 Å². The molecule has 0 aliphatic rings. The first-order valence-electron chi connectivity index (χ1n) is 8.43. The molecule has 150 valence electrons. The van der Waals surface area contributed by atoms with E-state index in [0.29, 0.717) is 21.6 Å². The zero-order valence-electron chi connectivity index (χ0n) is 15.2. The number of benzene rings is 2. The maximum Gasteiger partial charge on any atom is 0.344 e. The van der Waals surface area contributed by atoms with Crippen molar-refractivity contribution >= 4 is 51.7 Å². The molecule has 0 saturated carbocycles. The van der Waals surface area contributed by atoms with Gasteiger partial charge in [0.05, 0.1) is 15.7 Å². The minimum Gasteiger partial charge on any atom is -0.478 e. The second-order valence-corrected chi connectivity index (χ2v) is 6.81. The molecule has 0 aliphatic heterocycles. The van der Waals surface area contributed by atoms with Crippen molar-refractivity contribution in [1.29, 1.82) is 0 Å². The average Bonchev–Trinajstić information content (AvgIpc) is 2.67. The van der Waals surface area contributed by atoms with Crippen LogP contribution in [0.5, 0.6) is 5.75 Å². The summed E-state index contributed by atoms with van der Waals surface area (Å²) in [5.41, 5.74) is 1.12. The van der Waals surface area contributed by atoms with Crippen molar-refractivity contribution in [2.45, 2.75) is 6.92 Å². The number of esters is 1. The number of anilines is 1. The van der Waals surface area contributed by atoms with Gasteiger partial charge in [0.2, 0.25) is 0 Å². The Hall–Kier alpha value is -2.90. The molecule has 0 radical (unpaired) electrons. The summed E-state index contributed by atoms with van der Waals surface area (Å²) in [6.07, 6.45) is 0. The van der Waals surface area contributed by atoms with Crippen LogP contribution in [0.25, 0.3) is 10.9 Å². The van der Waals surface area contributed by atoms with Gasteiger partial charge in [-0.15, -0.1) is 0 Å². The number of fused-ring (bicyclic) bond motifs is 1. The summed E-state index contributed by atoms with van der Waals surface area (Å²) in [7, 11) is 0. The molecule has 1 heterocycles. The highest BCUT2D eigenvalue weighted by Crippen LogP contribution is 2.37. The number of aromatic nitrogens is 1. The van der Waals surface area contributed by atoms with Crippen molar-refractivity contribution in [2.24, 2.45) is 0 Å². The first kappa shape index (κ1) is 20.8. The molecule has 0 atom stereocenters. The van der Waals surface area contributed by atoms with E-state index in [0.717, 1.165) is 0 Å². The summed E-state index contributed by atoms with van der Waals surface area (Å²) in [5, 5.41) is 3.51. The van der Waals surface area contributed by atoms with Crippen LogP contribution in [0.1, 0.15) is 5.69 Å². The molecule has 6 nitrogen and oxygen atoms in total. The molecule has 29 heavy (non-hydrogen) atoms. The molecule has 1 N–H and O–H groups in total. The minimum atomic E-state index is -0.805. The van der Waals surface area contributed by atoms with Gasteiger partial charge in [0.15, 0.2) is 19.0 Å².